The highest BCUT2D eigenvalue weighted by molar-refractivity contribution is 8.26. The van der Waals surface area contributed by atoms with Crippen LogP contribution in [0.3, 0.4) is 0 Å². The van der Waals surface area contributed by atoms with Crippen molar-refractivity contribution >= 4 is 57.3 Å². The monoisotopic (exact) mass is 420 g/mol. The van der Waals surface area contributed by atoms with E-state index in [4.69, 9.17) is 17.0 Å². The molecule has 3 aromatic rings. The summed E-state index contributed by atoms with van der Waals surface area (Å²) in [5.41, 5.74) is 1.32. The van der Waals surface area contributed by atoms with Gasteiger partial charge in [0.15, 0.2) is 4.32 Å². The van der Waals surface area contributed by atoms with Crippen molar-refractivity contribution in [2.75, 3.05) is 7.11 Å². The molecule has 0 unspecified atom stereocenters. The summed E-state index contributed by atoms with van der Waals surface area (Å²) in [6.45, 7) is 0. The van der Waals surface area contributed by atoms with Gasteiger partial charge in [0.05, 0.1) is 18.2 Å². The Hall–Kier alpha value is -3.16. The summed E-state index contributed by atoms with van der Waals surface area (Å²) in [6, 6.07) is 18.5. The van der Waals surface area contributed by atoms with Gasteiger partial charge in [-0.05, 0) is 41.2 Å². The average Bonchev–Trinajstić information content (AvgIpc) is 3.00. The molecule has 1 N–H and O–H groups in total. The summed E-state index contributed by atoms with van der Waals surface area (Å²) in [5, 5.41) is 17.5. The molecule has 1 aliphatic rings. The Labute approximate surface area is 177 Å². The molecule has 7 heteroatoms. The molecule has 1 amide bonds. The van der Waals surface area contributed by atoms with E-state index in [1.165, 1.54) is 23.0 Å². The lowest BCUT2D eigenvalue weighted by Crippen LogP contribution is -2.22. The van der Waals surface area contributed by atoms with Gasteiger partial charge in [-0.25, -0.2) is 0 Å². The van der Waals surface area contributed by atoms with E-state index in [0.717, 1.165) is 16.3 Å². The third kappa shape index (κ3) is 3.74. The minimum Gasteiger partial charge on any atom is -0.507 e. The predicted octanol–water partition coefficient (Wildman–Crippen LogP) is 4.79. The molecule has 29 heavy (non-hydrogen) atoms. The van der Waals surface area contributed by atoms with Gasteiger partial charge < -0.3 is 9.84 Å². The van der Waals surface area contributed by atoms with Crippen molar-refractivity contribution in [3.05, 3.63) is 76.7 Å². The summed E-state index contributed by atoms with van der Waals surface area (Å²) in [5.74, 6) is 0.436. The van der Waals surface area contributed by atoms with Crippen LogP contribution < -0.4 is 4.74 Å². The first-order valence-electron chi connectivity index (χ1n) is 8.74. The van der Waals surface area contributed by atoms with Gasteiger partial charge in [0, 0.05) is 11.1 Å². The molecule has 0 spiro atoms. The standard InChI is InChI=1S/C22H16N2O3S2/c1-27-19-9-5-3-7-15(19)12-20-21(26)24(22(28)29-20)23-13-17-16-8-4-2-6-14(16)10-11-18(17)25/h2-13,25H,1H3/b20-12?,23-13+. The van der Waals surface area contributed by atoms with Crippen LogP contribution in [-0.4, -0.2) is 33.7 Å². The first-order valence-corrected chi connectivity index (χ1v) is 9.96. The Kier molecular flexibility index (Phi) is 5.33. The van der Waals surface area contributed by atoms with Crippen LogP contribution in [0.5, 0.6) is 11.5 Å². The molecule has 0 bridgehead atoms. The van der Waals surface area contributed by atoms with Crippen molar-refractivity contribution in [1.29, 1.82) is 0 Å². The smallest absolute Gasteiger partial charge is 0.286 e. The lowest BCUT2D eigenvalue weighted by atomic mass is 10.0. The van der Waals surface area contributed by atoms with Crippen LogP contribution >= 0.6 is 24.0 Å². The van der Waals surface area contributed by atoms with Crippen LogP contribution in [0.15, 0.2) is 70.7 Å². The van der Waals surface area contributed by atoms with Gasteiger partial charge in [0.1, 0.15) is 11.5 Å². The molecule has 5 nitrogen and oxygen atoms in total. The number of nitrogens with zero attached hydrogens (tertiary/aromatic N) is 2. The number of thioether (sulfide) groups is 1. The van der Waals surface area contributed by atoms with Crippen LogP contribution in [0.1, 0.15) is 11.1 Å². The third-order valence-corrected chi connectivity index (χ3v) is 5.73. The maximum Gasteiger partial charge on any atom is 0.286 e. The number of methoxy groups -OCH3 is 1. The quantitative estimate of drug-likeness (QED) is 0.374. The maximum absolute atomic E-state index is 12.8. The number of thiocarbonyl (C=S) groups is 1. The SMILES string of the molecule is COc1ccccc1C=C1SC(=S)N(/N=C/c2c(O)ccc3ccccc23)C1=O. The maximum atomic E-state index is 12.8. The minimum atomic E-state index is -0.318. The second-order valence-corrected chi connectivity index (χ2v) is 7.88. The van der Waals surface area contributed by atoms with E-state index in [1.807, 2.05) is 54.6 Å². The number of phenolic OH excluding ortho intramolecular Hbond substituents is 1. The lowest BCUT2D eigenvalue weighted by molar-refractivity contribution is -0.122. The normalized spacial score (nSPS) is 15.8. The molecule has 0 saturated carbocycles. The summed E-state index contributed by atoms with van der Waals surface area (Å²) in [6.07, 6.45) is 3.21. The highest BCUT2D eigenvalue weighted by Gasteiger charge is 2.32. The Morgan fingerprint density at radius 3 is 2.69 bits per heavy atom. The molecule has 0 aliphatic carbocycles. The highest BCUT2D eigenvalue weighted by Crippen LogP contribution is 2.34. The van der Waals surface area contributed by atoms with E-state index < -0.39 is 0 Å². The summed E-state index contributed by atoms with van der Waals surface area (Å²) < 4.78 is 5.66. The molecule has 1 fully saturated rings. The zero-order chi connectivity index (χ0) is 20.4. The Bertz CT molecular complexity index is 1190. The number of hydrazone groups is 1. The molecule has 1 heterocycles. The third-order valence-electron chi connectivity index (χ3n) is 4.45. The van der Waals surface area contributed by atoms with Crippen molar-refractivity contribution < 1.29 is 14.6 Å². The van der Waals surface area contributed by atoms with Crippen LogP contribution in [-0.2, 0) is 4.79 Å². The Morgan fingerprint density at radius 1 is 1.10 bits per heavy atom. The largest absolute Gasteiger partial charge is 0.507 e. The summed E-state index contributed by atoms with van der Waals surface area (Å²) in [7, 11) is 1.58. The number of para-hydroxylation sites is 1. The van der Waals surface area contributed by atoms with Gasteiger partial charge in [-0.2, -0.15) is 10.1 Å². The van der Waals surface area contributed by atoms with Crippen LogP contribution in [0.2, 0.25) is 0 Å². The molecular weight excluding hydrogens is 404 g/mol. The number of hydrogen-bond donors (Lipinski definition) is 1. The van der Waals surface area contributed by atoms with E-state index in [-0.39, 0.29) is 11.7 Å². The van der Waals surface area contributed by atoms with Crippen molar-refractivity contribution in [3.63, 3.8) is 0 Å². The van der Waals surface area contributed by atoms with E-state index in [2.05, 4.69) is 5.10 Å². The number of amides is 1. The number of hydrogen-bond acceptors (Lipinski definition) is 6. The first-order chi connectivity index (χ1) is 14.1. The topological polar surface area (TPSA) is 62.1 Å². The van der Waals surface area contributed by atoms with Gasteiger partial charge in [-0.1, -0.05) is 60.3 Å². The van der Waals surface area contributed by atoms with Gasteiger partial charge >= 0.3 is 0 Å². The Balaban J connectivity index is 1.66. The Morgan fingerprint density at radius 2 is 1.86 bits per heavy atom. The predicted molar refractivity (Wildman–Crippen MR) is 121 cm³/mol. The van der Waals surface area contributed by atoms with E-state index in [0.29, 0.717) is 20.5 Å². The second-order valence-electron chi connectivity index (χ2n) is 6.20. The number of rotatable bonds is 4. The van der Waals surface area contributed by atoms with Crippen LogP contribution in [0.25, 0.3) is 16.8 Å². The van der Waals surface area contributed by atoms with Crippen molar-refractivity contribution in [3.8, 4) is 11.5 Å². The number of ether oxygens (including phenoxy) is 1. The average molecular weight is 421 g/mol. The molecule has 1 saturated heterocycles. The minimum absolute atomic E-state index is 0.0856. The molecule has 144 valence electrons. The number of carbonyl (C=O) groups excluding carboxylic acids is 1. The van der Waals surface area contributed by atoms with Gasteiger partial charge in [-0.15, -0.1) is 0 Å². The zero-order valence-corrected chi connectivity index (χ0v) is 17.0. The summed E-state index contributed by atoms with van der Waals surface area (Å²) >= 11 is 6.51. The number of carbonyl (C=O) groups is 1. The second kappa shape index (κ2) is 8.06. The van der Waals surface area contributed by atoms with Crippen LogP contribution in [0.4, 0.5) is 0 Å². The van der Waals surface area contributed by atoms with Gasteiger partial charge in [-0.3, -0.25) is 4.79 Å². The molecule has 1 aliphatic heterocycles. The van der Waals surface area contributed by atoms with Crippen molar-refractivity contribution in [2.45, 2.75) is 0 Å². The number of aromatic hydroxyl groups is 1. The fraction of sp³-hybridized carbons (Fsp3) is 0.0455. The van der Waals surface area contributed by atoms with Gasteiger partial charge in [0.2, 0.25) is 0 Å². The van der Waals surface area contributed by atoms with Crippen molar-refractivity contribution in [2.24, 2.45) is 5.10 Å². The molecular formula is C22H16N2O3S2. The zero-order valence-electron chi connectivity index (χ0n) is 15.4. The first kappa shape index (κ1) is 19.2. The lowest BCUT2D eigenvalue weighted by Gasteiger charge is -2.08. The fourth-order valence-corrected chi connectivity index (χ4v) is 4.18. The number of benzene rings is 3. The molecule has 0 atom stereocenters. The van der Waals surface area contributed by atoms with E-state index in [9.17, 15) is 9.90 Å². The van der Waals surface area contributed by atoms with Gasteiger partial charge in [0.25, 0.3) is 5.91 Å². The summed E-state index contributed by atoms with van der Waals surface area (Å²) in [4.78, 5) is 13.3. The number of phenols is 1. The number of fused-ring (bicyclic) bond motifs is 1. The molecule has 3 aromatic carbocycles. The highest BCUT2D eigenvalue weighted by atomic mass is 32.2. The fourth-order valence-electron chi connectivity index (χ4n) is 3.02. The molecule has 4 rings (SSSR count). The van der Waals surface area contributed by atoms with E-state index >= 15 is 0 Å². The van der Waals surface area contributed by atoms with Crippen LogP contribution in [0, 0.1) is 0 Å². The molecule has 0 aromatic heterocycles. The van der Waals surface area contributed by atoms with Crippen molar-refractivity contribution in [1.82, 2.24) is 5.01 Å². The van der Waals surface area contributed by atoms with E-state index in [1.54, 1.807) is 19.3 Å². The molecule has 0 radical (unpaired) electrons.